The maximum absolute atomic E-state index is 10.8. The summed E-state index contributed by atoms with van der Waals surface area (Å²) in [5.41, 5.74) is 0. The molecule has 6 nitrogen and oxygen atoms in total. The van der Waals surface area contributed by atoms with Crippen molar-refractivity contribution in [3.8, 4) is 0 Å². The maximum Gasteiger partial charge on any atom is 0.332 e. The number of esters is 2. The van der Waals surface area contributed by atoms with Crippen LogP contribution in [0.2, 0.25) is 0 Å². The second-order valence-electron chi connectivity index (χ2n) is 2.72. The molecule has 16 heavy (non-hydrogen) atoms. The fourth-order valence-electron chi connectivity index (χ4n) is 0.834. The zero-order chi connectivity index (χ0) is 12.2. The summed E-state index contributed by atoms with van der Waals surface area (Å²) in [6, 6.07) is 0. The Morgan fingerprint density at radius 2 is 1.19 bits per heavy atom. The van der Waals surface area contributed by atoms with Gasteiger partial charge in [-0.15, -0.1) is 0 Å². The van der Waals surface area contributed by atoms with Gasteiger partial charge in [-0.25, -0.2) is 9.59 Å². The maximum atomic E-state index is 10.8. The second-order valence-corrected chi connectivity index (χ2v) is 2.72. The van der Waals surface area contributed by atoms with E-state index in [4.69, 9.17) is 9.47 Å². The second kappa shape index (κ2) is 10.4. The third kappa shape index (κ3) is 9.42. The van der Waals surface area contributed by atoms with Gasteiger partial charge in [-0.3, -0.25) is 0 Å². The van der Waals surface area contributed by atoms with Gasteiger partial charge in [0.05, 0.1) is 26.4 Å². The molecule has 0 unspecified atom stereocenters. The van der Waals surface area contributed by atoms with Crippen LogP contribution in [-0.4, -0.2) is 51.6 Å². The van der Waals surface area contributed by atoms with Crippen molar-refractivity contribution in [2.24, 2.45) is 0 Å². The lowest BCUT2D eigenvalue weighted by atomic mass is 10.6. The van der Waals surface area contributed by atoms with Gasteiger partial charge in [-0.1, -0.05) is 0 Å². The molecule has 0 aromatic rings. The van der Waals surface area contributed by atoms with Crippen LogP contribution < -0.4 is 0 Å². The molecule has 0 radical (unpaired) electrons. The van der Waals surface area contributed by atoms with Gasteiger partial charge in [0.25, 0.3) is 0 Å². The van der Waals surface area contributed by atoms with Crippen molar-refractivity contribution in [1.29, 1.82) is 0 Å². The van der Waals surface area contributed by atoms with Crippen molar-refractivity contribution in [3.05, 3.63) is 0 Å². The molecule has 0 rings (SSSR count). The Labute approximate surface area is 94.8 Å². The summed E-state index contributed by atoms with van der Waals surface area (Å²) < 4.78 is 19.2. The molecule has 0 amide bonds. The molecule has 0 aliphatic rings. The summed E-state index contributed by atoms with van der Waals surface area (Å²) in [6.45, 7) is 4.38. The highest BCUT2D eigenvalue weighted by molar-refractivity contribution is 5.70. The van der Waals surface area contributed by atoms with Gasteiger partial charge in [-0.05, 0) is 13.8 Å². The number of rotatable bonds is 9. The Bertz CT molecular complexity index is 181. The van der Waals surface area contributed by atoms with Crippen molar-refractivity contribution in [2.75, 3.05) is 39.6 Å². The molecule has 94 valence electrons. The average Bonchev–Trinajstić information content (AvgIpc) is 2.24. The SMILES string of the molecule is CCOC(=O)COCCOCC(=O)OCC. The van der Waals surface area contributed by atoms with Crippen LogP contribution in [0.15, 0.2) is 0 Å². The highest BCUT2D eigenvalue weighted by atomic mass is 16.6. The Morgan fingerprint density at radius 1 is 0.812 bits per heavy atom. The third-order valence-electron chi connectivity index (χ3n) is 1.42. The van der Waals surface area contributed by atoms with Crippen LogP contribution in [0.25, 0.3) is 0 Å². The molecule has 0 saturated carbocycles. The molecule has 0 atom stereocenters. The van der Waals surface area contributed by atoms with Crippen LogP contribution >= 0.6 is 0 Å². The van der Waals surface area contributed by atoms with E-state index >= 15 is 0 Å². The van der Waals surface area contributed by atoms with E-state index in [1.807, 2.05) is 0 Å². The molecule has 0 aromatic heterocycles. The van der Waals surface area contributed by atoms with Crippen molar-refractivity contribution >= 4 is 11.9 Å². The Balaban J connectivity index is 3.21. The summed E-state index contributed by atoms with van der Waals surface area (Å²) in [7, 11) is 0. The van der Waals surface area contributed by atoms with Crippen LogP contribution in [0.1, 0.15) is 13.8 Å². The molecule has 0 aliphatic heterocycles. The summed E-state index contributed by atoms with van der Waals surface area (Å²) in [5, 5.41) is 0. The molecule has 0 aliphatic carbocycles. The molecule has 6 heteroatoms. The fraction of sp³-hybridized carbons (Fsp3) is 0.800. The lowest BCUT2D eigenvalue weighted by molar-refractivity contribution is -0.152. The number of ether oxygens (including phenoxy) is 4. The van der Waals surface area contributed by atoms with Gasteiger partial charge in [0, 0.05) is 0 Å². The van der Waals surface area contributed by atoms with Gasteiger partial charge in [0.2, 0.25) is 0 Å². The van der Waals surface area contributed by atoms with E-state index in [1.165, 1.54) is 0 Å². The third-order valence-corrected chi connectivity index (χ3v) is 1.42. The Morgan fingerprint density at radius 3 is 1.50 bits per heavy atom. The van der Waals surface area contributed by atoms with Crippen molar-refractivity contribution in [1.82, 2.24) is 0 Å². The Hall–Kier alpha value is -1.14. The molecule has 0 aromatic carbocycles. The van der Waals surface area contributed by atoms with E-state index in [1.54, 1.807) is 13.8 Å². The van der Waals surface area contributed by atoms with E-state index in [0.717, 1.165) is 0 Å². The van der Waals surface area contributed by atoms with Gasteiger partial charge >= 0.3 is 11.9 Å². The van der Waals surface area contributed by atoms with E-state index in [-0.39, 0.29) is 26.4 Å². The molecule has 0 spiro atoms. The first kappa shape index (κ1) is 14.9. The van der Waals surface area contributed by atoms with Crippen LogP contribution in [0.4, 0.5) is 0 Å². The predicted octanol–water partition coefficient (Wildman–Crippen LogP) is 0.146. The lowest BCUT2D eigenvalue weighted by Gasteiger charge is -2.05. The summed E-state index contributed by atoms with van der Waals surface area (Å²) in [5.74, 6) is -0.819. The van der Waals surface area contributed by atoms with Gasteiger partial charge in [0.15, 0.2) is 0 Å². The lowest BCUT2D eigenvalue weighted by Crippen LogP contribution is -2.17. The number of carbonyl (C=O) groups is 2. The van der Waals surface area contributed by atoms with Gasteiger partial charge in [-0.2, -0.15) is 0 Å². The number of hydrogen-bond donors (Lipinski definition) is 0. The minimum Gasteiger partial charge on any atom is -0.464 e. The van der Waals surface area contributed by atoms with Crippen LogP contribution in [0, 0.1) is 0 Å². The van der Waals surface area contributed by atoms with Crippen molar-refractivity contribution in [2.45, 2.75) is 13.8 Å². The first-order chi connectivity index (χ1) is 7.70. The smallest absolute Gasteiger partial charge is 0.332 e. The molecular weight excluding hydrogens is 216 g/mol. The number of hydrogen-bond acceptors (Lipinski definition) is 6. The summed E-state index contributed by atoms with van der Waals surface area (Å²) >= 11 is 0. The largest absolute Gasteiger partial charge is 0.464 e. The van der Waals surface area contributed by atoms with Crippen LogP contribution in [0.5, 0.6) is 0 Å². The van der Waals surface area contributed by atoms with E-state index in [0.29, 0.717) is 13.2 Å². The monoisotopic (exact) mass is 234 g/mol. The zero-order valence-corrected chi connectivity index (χ0v) is 9.69. The van der Waals surface area contributed by atoms with Crippen molar-refractivity contribution in [3.63, 3.8) is 0 Å². The first-order valence-electron chi connectivity index (χ1n) is 5.17. The molecule has 0 fully saturated rings. The minimum absolute atomic E-state index is 0.101. The molecule has 0 bridgehead atoms. The Kier molecular flexibility index (Phi) is 9.64. The topological polar surface area (TPSA) is 71.1 Å². The average molecular weight is 234 g/mol. The highest BCUT2D eigenvalue weighted by Gasteiger charge is 2.02. The van der Waals surface area contributed by atoms with Crippen LogP contribution in [-0.2, 0) is 28.5 Å². The van der Waals surface area contributed by atoms with E-state index < -0.39 is 11.9 Å². The molecule has 0 saturated heterocycles. The quantitative estimate of drug-likeness (QED) is 0.417. The van der Waals surface area contributed by atoms with Crippen LogP contribution in [0.3, 0.4) is 0 Å². The predicted molar refractivity (Wildman–Crippen MR) is 54.9 cm³/mol. The first-order valence-corrected chi connectivity index (χ1v) is 5.17. The highest BCUT2D eigenvalue weighted by Crippen LogP contribution is 1.84. The van der Waals surface area contributed by atoms with Crippen molar-refractivity contribution < 1.29 is 28.5 Å². The van der Waals surface area contributed by atoms with E-state index in [9.17, 15) is 9.59 Å². The summed E-state index contributed by atoms with van der Waals surface area (Å²) in [6.07, 6.45) is 0. The zero-order valence-electron chi connectivity index (χ0n) is 9.69. The molecule has 0 heterocycles. The fourth-order valence-corrected chi connectivity index (χ4v) is 0.834. The molecular formula is C10H18O6. The molecule has 0 N–H and O–H groups in total. The standard InChI is InChI=1S/C10H18O6/c1-3-15-9(11)7-13-5-6-14-8-10(12)16-4-2/h3-8H2,1-2H3. The normalized spacial score (nSPS) is 9.88. The van der Waals surface area contributed by atoms with E-state index in [2.05, 4.69) is 9.47 Å². The minimum atomic E-state index is -0.409. The number of carbonyl (C=O) groups excluding carboxylic acids is 2. The van der Waals surface area contributed by atoms with Gasteiger partial charge < -0.3 is 18.9 Å². The van der Waals surface area contributed by atoms with Gasteiger partial charge in [0.1, 0.15) is 13.2 Å². The summed E-state index contributed by atoms with van der Waals surface area (Å²) in [4.78, 5) is 21.6.